The molecular formula is C21H24ClN7O. The summed E-state index contributed by atoms with van der Waals surface area (Å²) in [6.07, 6.45) is 8.16. The van der Waals surface area contributed by atoms with E-state index in [1.165, 1.54) is 12.8 Å². The third-order valence-electron chi connectivity index (χ3n) is 6.06. The molecule has 4 aromatic heterocycles. The first-order valence-electron chi connectivity index (χ1n) is 10.3. The van der Waals surface area contributed by atoms with E-state index in [0.717, 1.165) is 46.9 Å². The number of rotatable bonds is 4. The maximum Gasteiger partial charge on any atom is 0.185 e. The van der Waals surface area contributed by atoms with Crippen LogP contribution in [0.4, 0.5) is 5.82 Å². The number of ether oxygens (including phenoxy) is 1. The van der Waals surface area contributed by atoms with Crippen LogP contribution in [0.1, 0.15) is 19.8 Å². The largest absolute Gasteiger partial charge is 0.492 e. The monoisotopic (exact) mass is 425 g/mol. The molecule has 2 aliphatic rings. The SMILES string of the molecule is CCOc1ccc2c3cnn(-c4ccc(N5[C@@H]6CC[C@H]5CNC6)nc4)c3nn2c1.Cl. The van der Waals surface area contributed by atoms with E-state index in [2.05, 4.69) is 27.4 Å². The Labute approximate surface area is 180 Å². The van der Waals surface area contributed by atoms with Crippen LogP contribution in [0, 0.1) is 0 Å². The molecule has 8 nitrogen and oxygen atoms in total. The molecule has 4 aromatic rings. The van der Waals surface area contributed by atoms with Crippen LogP contribution in [0.25, 0.3) is 22.2 Å². The Morgan fingerprint density at radius 2 is 1.93 bits per heavy atom. The molecule has 0 aromatic carbocycles. The summed E-state index contributed by atoms with van der Waals surface area (Å²) in [5.41, 5.74) is 2.74. The Morgan fingerprint density at radius 3 is 2.67 bits per heavy atom. The fraction of sp³-hybridized carbons (Fsp3) is 0.381. The number of nitrogens with zero attached hydrogens (tertiary/aromatic N) is 6. The van der Waals surface area contributed by atoms with E-state index < -0.39 is 0 Å². The van der Waals surface area contributed by atoms with Crippen LogP contribution in [0.5, 0.6) is 5.75 Å². The third kappa shape index (κ3) is 2.90. The Morgan fingerprint density at radius 1 is 1.10 bits per heavy atom. The molecule has 2 saturated heterocycles. The fourth-order valence-corrected chi connectivity index (χ4v) is 4.74. The summed E-state index contributed by atoms with van der Waals surface area (Å²) < 4.78 is 9.30. The molecule has 9 heteroatoms. The highest BCUT2D eigenvalue weighted by molar-refractivity contribution is 5.92. The first-order valence-corrected chi connectivity index (χ1v) is 10.3. The van der Waals surface area contributed by atoms with Gasteiger partial charge < -0.3 is 15.0 Å². The van der Waals surface area contributed by atoms with Crippen molar-refractivity contribution in [2.75, 3.05) is 24.6 Å². The Kier molecular flexibility index (Phi) is 4.75. The molecule has 2 aliphatic heterocycles. The summed E-state index contributed by atoms with van der Waals surface area (Å²) in [4.78, 5) is 7.27. The van der Waals surface area contributed by atoms with Crippen LogP contribution < -0.4 is 15.0 Å². The van der Waals surface area contributed by atoms with Gasteiger partial charge in [-0.15, -0.1) is 17.5 Å². The lowest BCUT2D eigenvalue weighted by molar-refractivity contribution is 0.338. The van der Waals surface area contributed by atoms with Crippen molar-refractivity contribution in [2.24, 2.45) is 0 Å². The quantitative estimate of drug-likeness (QED) is 0.542. The third-order valence-corrected chi connectivity index (χ3v) is 6.06. The van der Waals surface area contributed by atoms with E-state index in [4.69, 9.17) is 14.8 Å². The number of pyridine rings is 2. The summed E-state index contributed by atoms with van der Waals surface area (Å²) in [7, 11) is 0. The standard InChI is InChI=1S/C21H23N7O.ClH/c1-2-29-17-6-7-19-18-12-24-28(21(18)25-26(19)13-17)16-5-8-20(23-11-16)27-14-3-4-15(27)10-22-9-14;/h5-8,11-15,22H,2-4,9-10H2,1H3;1H/t14-,15+;. The molecule has 30 heavy (non-hydrogen) atoms. The number of hydrogen-bond donors (Lipinski definition) is 1. The first-order chi connectivity index (χ1) is 14.3. The molecule has 0 aliphatic carbocycles. The number of nitrogens with one attached hydrogen (secondary N) is 1. The number of hydrogen-bond acceptors (Lipinski definition) is 6. The maximum absolute atomic E-state index is 5.59. The number of aromatic nitrogens is 5. The van der Waals surface area contributed by atoms with Gasteiger partial charge in [-0.05, 0) is 44.0 Å². The number of fused-ring (bicyclic) bond motifs is 5. The van der Waals surface area contributed by atoms with Gasteiger partial charge in [-0.2, -0.15) is 5.10 Å². The highest BCUT2D eigenvalue weighted by atomic mass is 35.5. The van der Waals surface area contributed by atoms with Crippen LogP contribution in [-0.4, -0.2) is 56.2 Å². The molecule has 1 N–H and O–H groups in total. The molecule has 2 atom stereocenters. The van der Waals surface area contributed by atoms with Gasteiger partial charge in [0.25, 0.3) is 0 Å². The molecule has 0 spiro atoms. The molecular weight excluding hydrogens is 402 g/mol. The van der Waals surface area contributed by atoms with Gasteiger partial charge in [-0.3, -0.25) is 0 Å². The molecule has 0 amide bonds. The second-order valence-corrected chi connectivity index (χ2v) is 7.75. The van der Waals surface area contributed by atoms with Crippen LogP contribution in [-0.2, 0) is 0 Å². The van der Waals surface area contributed by atoms with E-state index in [0.29, 0.717) is 18.7 Å². The minimum atomic E-state index is 0. The number of halogens is 1. The van der Waals surface area contributed by atoms with Crippen molar-refractivity contribution in [1.82, 2.24) is 29.7 Å². The smallest absolute Gasteiger partial charge is 0.185 e. The van der Waals surface area contributed by atoms with E-state index in [-0.39, 0.29) is 12.4 Å². The lowest BCUT2D eigenvalue weighted by Crippen LogP contribution is -2.52. The van der Waals surface area contributed by atoms with Crippen molar-refractivity contribution < 1.29 is 4.74 Å². The molecule has 6 heterocycles. The van der Waals surface area contributed by atoms with Gasteiger partial charge in [0.2, 0.25) is 0 Å². The molecule has 2 bridgehead atoms. The maximum atomic E-state index is 5.59. The highest BCUT2D eigenvalue weighted by Gasteiger charge is 2.37. The predicted molar refractivity (Wildman–Crippen MR) is 118 cm³/mol. The number of anilines is 1. The van der Waals surface area contributed by atoms with Crippen LogP contribution in [0.2, 0.25) is 0 Å². The first kappa shape index (κ1) is 19.1. The van der Waals surface area contributed by atoms with Crippen molar-refractivity contribution in [3.8, 4) is 11.4 Å². The van der Waals surface area contributed by atoms with Crippen molar-refractivity contribution in [3.05, 3.63) is 42.9 Å². The molecule has 0 unspecified atom stereocenters. The van der Waals surface area contributed by atoms with E-state index in [1.54, 1.807) is 0 Å². The summed E-state index contributed by atoms with van der Waals surface area (Å²) in [6.45, 7) is 4.70. The molecule has 6 rings (SSSR count). The minimum Gasteiger partial charge on any atom is -0.492 e. The summed E-state index contributed by atoms with van der Waals surface area (Å²) >= 11 is 0. The van der Waals surface area contributed by atoms with Gasteiger partial charge in [0.15, 0.2) is 5.65 Å². The fourth-order valence-electron chi connectivity index (χ4n) is 4.74. The van der Waals surface area contributed by atoms with E-state index >= 15 is 0 Å². The normalized spacial score (nSPS) is 20.6. The second-order valence-electron chi connectivity index (χ2n) is 7.75. The molecule has 0 saturated carbocycles. The molecule has 156 valence electrons. The zero-order valence-corrected chi connectivity index (χ0v) is 17.5. The lowest BCUT2D eigenvalue weighted by Gasteiger charge is -2.36. The zero-order valence-electron chi connectivity index (χ0n) is 16.7. The van der Waals surface area contributed by atoms with Crippen LogP contribution in [0.3, 0.4) is 0 Å². The minimum absolute atomic E-state index is 0. The Hall–Kier alpha value is -2.84. The summed E-state index contributed by atoms with van der Waals surface area (Å²) in [6, 6.07) is 9.31. The van der Waals surface area contributed by atoms with Crippen LogP contribution >= 0.6 is 12.4 Å². The van der Waals surface area contributed by atoms with Gasteiger partial charge in [0.1, 0.15) is 11.6 Å². The van der Waals surface area contributed by atoms with Crippen molar-refractivity contribution in [1.29, 1.82) is 0 Å². The van der Waals surface area contributed by atoms with Gasteiger partial charge in [0.05, 0.1) is 41.8 Å². The van der Waals surface area contributed by atoms with Gasteiger partial charge in [-0.25, -0.2) is 14.2 Å². The van der Waals surface area contributed by atoms with Crippen molar-refractivity contribution >= 4 is 34.8 Å². The van der Waals surface area contributed by atoms with E-state index in [9.17, 15) is 0 Å². The Balaban J connectivity index is 0.00000193. The zero-order chi connectivity index (χ0) is 19.4. The van der Waals surface area contributed by atoms with Crippen LogP contribution in [0.15, 0.2) is 42.9 Å². The molecule has 2 fully saturated rings. The van der Waals surface area contributed by atoms with Crippen molar-refractivity contribution in [2.45, 2.75) is 31.8 Å². The highest BCUT2D eigenvalue weighted by Crippen LogP contribution is 2.31. The average molecular weight is 426 g/mol. The number of piperazine rings is 1. The van der Waals surface area contributed by atoms with E-state index in [1.807, 2.05) is 46.8 Å². The second kappa shape index (κ2) is 7.45. The summed E-state index contributed by atoms with van der Waals surface area (Å²) in [5, 5.41) is 13.8. The van der Waals surface area contributed by atoms with Gasteiger partial charge in [-0.1, -0.05) is 0 Å². The van der Waals surface area contributed by atoms with Crippen molar-refractivity contribution in [3.63, 3.8) is 0 Å². The van der Waals surface area contributed by atoms with Gasteiger partial charge >= 0.3 is 0 Å². The van der Waals surface area contributed by atoms with Gasteiger partial charge in [0, 0.05) is 25.2 Å². The summed E-state index contributed by atoms with van der Waals surface area (Å²) in [5.74, 6) is 1.86. The molecule has 0 radical (unpaired) electrons. The Bertz CT molecular complexity index is 1170. The topological polar surface area (TPSA) is 72.5 Å². The lowest BCUT2D eigenvalue weighted by atomic mass is 10.2. The average Bonchev–Trinajstić information content (AvgIpc) is 3.38. The predicted octanol–water partition coefficient (Wildman–Crippen LogP) is 2.83.